The average Bonchev–Trinajstić information content (AvgIpc) is 3.44. The zero-order valence-electron chi connectivity index (χ0n) is 23.8. The van der Waals surface area contributed by atoms with Crippen LogP contribution in [0.4, 0.5) is 5.69 Å². The molecule has 0 aliphatic carbocycles. The lowest BCUT2D eigenvalue weighted by Gasteiger charge is -2.29. The summed E-state index contributed by atoms with van der Waals surface area (Å²) >= 11 is 1.32. The van der Waals surface area contributed by atoms with Crippen molar-refractivity contribution in [3.05, 3.63) is 83.7 Å². The number of thioether (sulfide) groups is 1. The average molecular weight is 588 g/mol. The Morgan fingerprint density at radius 2 is 1.76 bits per heavy atom. The third-order valence-corrected chi connectivity index (χ3v) is 7.81. The van der Waals surface area contributed by atoms with Gasteiger partial charge in [-0.15, -0.1) is 10.2 Å². The number of para-hydroxylation sites is 1. The highest BCUT2D eigenvalue weighted by Gasteiger charge is 2.24. The molecule has 0 radical (unpaired) electrons. The molecule has 10 nitrogen and oxygen atoms in total. The number of fused-ring (bicyclic) bond motifs is 1. The molecule has 0 bridgehead atoms. The van der Waals surface area contributed by atoms with Gasteiger partial charge in [0.15, 0.2) is 22.5 Å². The molecule has 2 heterocycles. The number of aromatic nitrogens is 3. The summed E-state index contributed by atoms with van der Waals surface area (Å²) in [5, 5.41) is 12.2. The van der Waals surface area contributed by atoms with E-state index < -0.39 is 0 Å². The molecule has 11 heteroatoms. The second kappa shape index (κ2) is 13.4. The van der Waals surface area contributed by atoms with Crippen LogP contribution < -0.4 is 24.4 Å². The number of carbonyl (C=O) groups excluding carboxylic acids is 2. The number of rotatable bonds is 11. The Hall–Kier alpha value is -4.51. The molecule has 0 unspecified atom stereocenters. The second-order valence-corrected chi connectivity index (χ2v) is 10.4. The molecular weight excluding hydrogens is 554 g/mol. The molecule has 5 rings (SSSR count). The summed E-state index contributed by atoms with van der Waals surface area (Å²) in [6.45, 7) is 3.29. The molecule has 1 aliphatic rings. The predicted molar refractivity (Wildman–Crippen MR) is 161 cm³/mol. The fraction of sp³-hybridized carbons (Fsp3) is 0.290. The lowest BCUT2D eigenvalue weighted by molar-refractivity contribution is -0.116. The highest BCUT2D eigenvalue weighted by molar-refractivity contribution is 7.99. The van der Waals surface area contributed by atoms with Gasteiger partial charge in [0.05, 0.1) is 33.1 Å². The Morgan fingerprint density at radius 3 is 2.52 bits per heavy atom. The van der Waals surface area contributed by atoms with Crippen LogP contribution in [-0.2, 0) is 17.8 Å². The first kappa shape index (κ1) is 29.0. The van der Waals surface area contributed by atoms with Gasteiger partial charge in [-0.2, -0.15) is 0 Å². The van der Waals surface area contributed by atoms with Crippen molar-refractivity contribution in [3.63, 3.8) is 0 Å². The Bertz CT molecular complexity index is 1560. The van der Waals surface area contributed by atoms with E-state index in [0.29, 0.717) is 41.2 Å². The highest BCUT2D eigenvalue weighted by atomic mass is 32.2. The number of nitrogens with zero attached hydrogens (tertiary/aromatic N) is 4. The van der Waals surface area contributed by atoms with Crippen LogP contribution in [0.25, 0.3) is 5.69 Å². The van der Waals surface area contributed by atoms with E-state index in [0.717, 1.165) is 30.0 Å². The van der Waals surface area contributed by atoms with Crippen molar-refractivity contribution in [1.29, 1.82) is 0 Å². The molecule has 42 heavy (non-hydrogen) atoms. The number of anilines is 1. The van der Waals surface area contributed by atoms with E-state index in [2.05, 4.69) is 21.6 Å². The van der Waals surface area contributed by atoms with Crippen LogP contribution in [0.3, 0.4) is 0 Å². The van der Waals surface area contributed by atoms with Crippen molar-refractivity contribution in [1.82, 2.24) is 20.1 Å². The summed E-state index contributed by atoms with van der Waals surface area (Å²) in [7, 11) is 3.06. The molecule has 1 aromatic heterocycles. The minimum atomic E-state index is -0.301. The van der Waals surface area contributed by atoms with E-state index in [-0.39, 0.29) is 24.1 Å². The van der Waals surface area contributed by atoms with Crippen molar-refractivity contribution >= 4 is 29.3 Å². The number of benzene rings is 3. The number of aryl methyl sites for hydroxylation is 1. The predicted octanol–water partition coefficient (Wildman–Crippen LogP) is 4.68. The van der Waals surface area contributed by atoms with Crippen LogP contribution in [0.15, 0.2) is 71.9 Å². The summed E-state index contributed by atoms with van der Waals surface area (Å²) in [6, 6.07) is 20.6. The lowest BCUT2D eigenvalue weighted by atomic mass is 10.0. The molecule has 0 saturated carbocycles. The first-order valence-corrected chi connectivity index (χ1v) is 14.7. The van der Waals surface area contributed by atoms with Gasteiger partial charge in [-0.3, -0.25) is 14.2 Å². The van der Waals surface area contributed by atoms with E-state index >= 15 is 0 Å². The Labute approximate surface area is 249 Å². The SMILES string of the molecule is CCOc1ccc(-n2c(CNC(=O)c3ccc(OC)c(OC)c3)nnc2SCC(=O)N2CCCc3ccccc32)cc1. The molecule has 4 aromatic rings. The maximum absolute atomic E-state index is 13.3. The van der Waals surface area contributed by atoms with E-state index in [1.165, 1.54) is 24.4 Å². The first-order chi connectivity index (χ1) is 20.5. The van der Waals surface area contributed by atoms with Crippen LogP contribution in [-0.4, -0.2) is 59.7 Å². The summed E-state index contributed by atoms with van der Waals surface area (Å²) in [6.07, 6.45) is 1.90. The summed E-state index contributed by atoms with van der Waals surface area (Å²) in [4.78, 5) is 28.2. The summed E-state index contributed by atoms with van der Waals surface area (Å²) in [5.41, 5.74) is 3.37. The van der Waals surface area contributed by atoms with Gasteiger partial charge in [-0.05, 0) is 73.9 Å². The number of hydrogen-bond acceptors (Lipinski definition) is 8. The number of hydrogen-bond donors (Lipinski definition) is 1. The highest BCUT2D eigenvalue weighted by Crippen LogP contribution is 2.30. The normalized spacial score (nSPS) is 12.4. The number of amides is 2. The third kappa shape index (κ3) is 6.36. The minimum Gasteiger partial charge on any atom is -0.494 e. The van der Waals surface area contributed by atoms with Gasteiger partial charge < -0.3 is 24.4 Å². The van der Waals surface area contributed by atoms with Gasteiger partial charge in [0.2, 0.25) is 5.91 Å². The number of methoxy groups -OCH3 is 2. The van der Waals surface area contributed by atoms with E-state index in [1.54, 1.807) is 25.3 Å². The second-order valence-electron chi connectivity index (χ2n) is 9.48. The molecule has 218 valence electrons. The quantitative estimate of drug-likeness (QED) is 0.252. The number of carbonyl (C=O) groups is 2. The van der Waals surface area contributed by atoms with E-state index in [1.807, 2.05) is 58.9 Å². The molecule has 0 fully saturated rings. The first-order valence-electron chi connectivity index (χ1n) is 13.7. The van der Waals surface area contributed by atoms with Gasteiger partial charge >= 0.3 is 0 Å². The molecule has 2 amide bonds. The van der Waals surface area contributed by atoms with Crippen LogP contribution in [0.1, 0.15) is 35.1 Å². The maximum Gasteiger partial charge on any atom is 0.251 e. The Balaban J connectivity index is 1.36. The van der Waals surface area contributed by atoms with Crippen LogP contribution >= 0.6 is 11.8 Å². The lowest BCUT2D eigenvalue weighted by Crippen LogP contribution is -2.36. The van der Waals surface area contributed by atoms with E-state index in [4.69, 9.17) is 14.2 Å². The molecule has 0 spiro atoms. The fourth-order valence-electron chi connectivity index (χ4n) is 4.86. The molecule has 0 saturated heterocycles. The van der Waals surface area contributed by atoms with Crippen molar-refractivity contribution in [2.45, 2.75) is 31.5 Å². The van der Waals surface area contributed by atoms with E-state index in [9.17, 15) is 9.59 Å². The smallest absolute Gasteiger partial charge is 0.251 e. The zero-order valence-corrected chi connectivity index (χ0v) is 24.6. The topological polar surface area (TPSA) is 108 Å². The standard InChI is InChI=1S/C31H33N5O5S/c1-4-41-24-14-12-23(13-15-24)36-28(19-32-30(38)22-11-16-26(39-2)27(18-22)40-3)33-34-31(36)42-20-29(37)35-17-7-9-21-8-5-6-10-25(21)35/h5-6,8,10-16,18H,4,7,9,17,19-20H2,1-3H3,(H,32,38). The van der Waals surface area contributed by atoms with Gasteiger partial charge in [0.1, 0.15) is 5.75 Å². The number of nitrogens with one attached hydrogen (secondary N) is 1. The van der Waals surface area contributed by atoms with Gasteiger partial charge in [-0.1, -0.05) is 30.0 Å². The molecule has 3 aromatic carbocycles. The molecule has 1 N–H and O–H groups in total. The van der Waals surface area contributed by atoms with Crippen molar-refractivity contribution < 1.29 is 23.8 Å². The zero-order chi connectivity index (χ0) is 29.5. The van der Waals surface area contributed by atoms with Crippen LogP contribution in [0.2, 0.25) is 0 Å². The number of ether oxygens (including phenoxy) is 3. The summed E-state index contributed by atoms with van der Waals surface area (Å²) in [5.74, 6) is 2.16. The third-order valence-electron chi connectivity index (χ3n) is 6.90. The van der Waals surface area contributed by atoms with Crippen LogP contribution in [0, 0.1) is 0 Å². The molecular formula is C31H33N5O5S. The van der Waals surface area contributed by atoms with Gasteiger partial charge in [-0.25, -0.2) is 0 Å². The maximum atomic E-state index is 13.3. The Morgan fingerprint density at radius 1 is 0.976 bits per heavy atom. The van der Waals surface area contributed by atoms with Crippen molar-refractivity contribution in [2.75, 3.05) is 38.0 Å². The Kier molecular flexibility index (Phi) is 9.28. The molecule has 1 aliphatic heterocycles. The summed E-state index contributed by atoms with van der Waals surface area (Å²) < 4.78 is 18.1. The van der Waals surface area contributed by atoms with Crippen molar-refractivity contribution in [3.8, 4) is 22.9 Å². The molecule has 0 atom stereocenters. The van der Waals surface area contributed by atoms with Gasteiger partial charge in [0.25, 0.3) is 5.91 Å². The fourth-order valence-corrected chi connectivity index (χ4v) is 5.71. The van der Waals surface area contributed by atoms with Crippen molar-refractivity contribution in [2.24, 2.45) is 0 Å². The monoisotopic (exact) mass is 587 g/mol. The van der Waals surface area contributed by atoms with Crippen LogP contribution in [0.5, 0.6) is 17.2 Å². The van der Waals surface area contributed by atoms with Gasteiger partial charge in [0, 0.05) is 23.5 Å². The minimum absolute atomic E-state index is 0.0108. The largest absolute Gasteiger partial charge is 0.494 e.